The van der Waals surface area contributed by atoms with E-state index in [0.29, 0.717) is 11.1 Å². The fraction of sp³-hybridized carbons (Fsp3) is 0.418. The van der Waals surface area contributed by atoms with E-state index in [1.165, 1.54) is 43.4 Å². The van der Waals surface area contributed by atoms with Crippen molar-refractivity contribution in [3.8, 4) is 5.75 Å². The maximum Gasteiger partial charge on any atom is 0.334 e. The second-order valence-electron chi connectivity index (χ2n) is 20.3. The minimum absolute atomic E-state index is 0.00234. The van der Waals surface area contributed by atoms with Crippen molar-refractivity contribution in [2.45, 2.75) is 121 Å². The Morgan fingerprint density at radius 1 is 0.647 bits per heavy atom. The maximum atomic E-state index is 14.4. The summed E-state index contributed by atoms with van der Waals surface area (Å²) in [6.07, 6.45) is -1.23. The number of phenolic OH excluding ortho intramolecular Hbond substituents is 1. The number of aliphatic hydroxyl groups excluding tert-OH is 1. The second-order valence-corrected chi connectivity index (χ2v) is 20.3. The van der Waals surface area contributed by atoms with Gasteiger partial charge in [-0.05, 0) is 79.1 Å². The predicted molar refractivity (Wildman–Crippen MR) is 306 cm³/mol. The number of H-pyrrole nitrogens is 1. The van der Waals surface area contributed by atoms with Crippen LogP contribution < -0.4 is 75.5 Å². The van der Waals surface area contributed by atoms with Crippen LogP contribution in [0.15, 0.2) is 79.0 Å². The number of hydrogen-bond acceptors (Lipinski definition) is 14. The molecule has 4 aromatic rings. The summed E-state index contributed by atoms with van der Waals surface area (Å²) in [5.41, 5.74) is 17.5. The van der Waals surface area contributed by atoms with Crippen LogP contribution in [0.25, 0.3) is 10.9 Å². The number of amides is 12. The summed E-state index contributed by atoms with van der Waals surface area (Å²) in [5.74, 6) is -10.7. The van der Waals surface area contributed by atoms with Crippen LogP contribution in [0.4, 0.5) is 9.18 Å². The lowest BCUT2D eigenvalue weighted by Gasteiger charge is -2.27. The lowest BCUT2D eigenvalue weighted by molar-refractivity contribution is -0.136. The number of rotatable bonds is 31. The third kappa shape index (κ3) is 23.1. The molecule has 0 aliphatic rings. The zero-order valence-electron chi connectivity index (χ0n) is 47.5. The molecule has 0 saturated heterocycles. The van der Waals surface area contributed by atoms with Crippen LogP contribution in [-0.2, 0) is 67.2 Å². The topological polar surface area (TPSA) is 464 Å². The average molecular weight is 1190 g/mol. The summed E-state index contributed by atoms with van der Waals surface area (Å²) in [5, 5.41) is 53.7. The molecular weight excluding hydrogens is 1110 g/mol. The number of aromatic amines is 1. The molecule has 0 bridgehead atoms. The minimum atomic E-state index is -1.93. The van der Waals surface area contributed by atoms with Crippen molar-refractivity contribution in [1.29, 1.82) is 5.41 Å². The van der Waals surface area contributed by atoms with Crippen LogP contribution in [0.2, 0.25) is 0 Å². The zero-order valence-corrected chi connectivity index (χ0v) is 47.5. The molecule has 85 heavy (non-hydrogen) atoms. The molecule has 0 saturated carbocycles. The van der Waals surface area contributed by atoms with Crippen molar-refractivity contribution in [3.05, 3.63) is 102 Å². The third-order valence-electron chi connectivity index (χ3n) is 12.8. The van der Waals surface area contributed by atoms with E-state index in [-0.39, 0.29) is 61.8 Å². The van der Waals surface area contributed by atoms with Crippen molar-refractivity contribution in [2.75, 3.05) is 20.1 Å². The van der Waals surface area contributed by atoms with Gasteiger partial charge in [0, 0.05) is 56.9 Å². The number of hydrogen-bond donors (Lipinski definition) is 18. The van der Waals surface area contributed by atoms with Gasteiger partial charge in [-0.15, -0.1) is 0 Å². The number of nitrogens with one attached hydrogen (secondary N) is 14. The SMILES string of the molecule is CNC(=N)NCCC[C@H](NC(=O)[C@H](CC(C)C)NC(=O)NNC(=O)[C@H](Cc1cccc(F)c1)NC(=O)C(NC(=O)[C@H](CC(N)=O)NC(=O)CNC(=O)[C@@H](Cc1ccc(O)cc1)NC(C)=O)[C@@H](C)O)C(=O)N[C@@H](Cc1c[nH]c2ccccc12)C(N)=O. The van der Waals surface area contributed by atoms with Gasteiger partial charge in [-0.3, -0.25) is 58.8 Å². The van der Waals surface area contributed by atoms with Crippen LogP contribution in [0, 0.1) is 17.1 Å². The highest BCUT2D eigenvalue weighted by Gasteiger charge is 2.35. The molecule has 1 unspecified atom stereocenters. The Balaban J connectivity index is 1.46. The largest absolute Gasteiger partial charge is 0.508 e. The molecule has 460 valence electrons. The highest BCUT2D eigenvalue weighted by Crippen LogP contribution is 2.20. The van der Waals surface area contributed by atoms with Crippen molar-refractivity contribution in [3.63, 3.8) is 0 Å². The first-order valence-corrected chi connectivity index (χ1v) is 27.0. The predicted octanol–water partition coefficient (Wildman–Crippen LogP) is -2.90. The number of aliphatic hydroxyl groups is 1. The van der Waals surface area contributed by atoms with Gasteiger partial charge in [-0.25, -0.2) is 14.6 Å². The van der Waals surface area contributed by atoms with Crippen LogP contribution in [0.3, 0.4) is 0 Å². The summed E-state index contributed by atoms with van der Waals surface area (Å²) in [4.78, 5) is 149. The van der Waals surface area contributed by atoms with E-state index in [1.54, 1.807) is 26.1 Å². The standard InChI is InChI=1S/C55H75FN16O13/c1-28(2)20-40(50(81)66-38(14-9-19-61-54(59)60-5)49(80)67-39(47(58)78)24-33-26-62-37-13-7-6-12-36(33)37)69-55(85)72-71-52(83)42(23-32-10-8-11-34(56)21-32)68-53(84)46(29(3)73)70-51(82)43(25-44(57)76)65-45(77)27-63-48(79)41(64-30(4)74)22-31-15-17-35(75)18-16-31/h6-8,10-13,15-18,21,26,28-29,38-43,46,62,73,75H,9,14,19-20,22-25,27H2,1-5H3,(H2,57,76)(H2,58,78)(H,63,79)(H,64,74)(H,65,77)(H,66,81)(H,67,80)(H,68,84)(H,70,82)(H,71,83)(H3,59,60,61)(H2,69,72,85)/t29-,38+,39+,40+,41-,42+,43+,46?/m1/s1. The third-order valence-corrected chi connectivity index (χ3v) is 12.8. The molecule has 8 atom stereocenters. The number of nitrogens with two attached hydrogens (primary N) is 2. The first-order valence-electron chi connectivity index (χ1n) is 27.0. The molecule has 20 N–H and O–H groups in total. The lowest BCUT2D eigenvalue weighted by Crippen LogP contribution is -2.62. The van der Waals surface area contributed by atoms with Crippen molar-refractivity contribution in [1.82, 2.24) is 69.0 Å². The molecule has 0 aliphatic carbocycles. The molecule has 1 heterocycles. The number of aromatic hydroxyl groups is 1. The molecule has 4 rings (SSSR count). The quantitative estimate of drug-likeness (QED) is 0.0104. The molecule has 30 heteroatoms. The number of hydrazine groups is 1. The highest BCUT2D eigenvalue weighted by molar-refractivity contribution is 5.98. The molecule has 0 fully saturated rings. The van der Waals surface area contributed by atoms with E-state index in [4.69, 9.17) is 16.9 Å². The summed E-state index contributed by atoms with van der Waals surface area (Å²) < 4.78 is 14.4. The van der Waals surface area contributed by atoms with Gasteiger partial charge in [0.05, 0.1) is 19.1 Å². The first-order chi connectivity index (χ1) is 40.2. The highest BCUT2D eigenvalue weighted by atomic mass is 19.1. The normalized spacial score (nSPS) is 13.7. The Kier molecular flexibility index (Phi) is 26.5. The van der Waals surface area contributed by atoms with Gasteiger partial charge in [0.15, 0.2) is 5.96 Å². The molecule has 29 nitrogen and oxygen atoms in total. The fourth-order valence-corrected chi connectivity index (χ4v) is 8.57. The lowest BCUT2D eigenvalue weighted by atomic mass is 10.0. The summed E-state index contributed by atoms with van der Waals surface area (Å²) in [7, 11) is 1.53. The Morgan fingerprint density at radius 2 is 1.28 bits per heavy atom. The number of urea groups is 1. The summed E-state index contributed by atoms with van der Waals surface area (Å²) >= 11 is 0. The monoisotopic (exact) mass is 1190 g/mol. The molecular formula is C55H75FN16O13. The molecule has 3 aromatic carbocycles. The molecule has 0 spiro atoms. The van der Waals surface area contributed by atoms with Gasteiger partial charge >= 0.3 is 6.03 Å². The van der Waals surface area contributed by atoms with Crippen molar-refractivity contribution < 1.29 is 67.3 Å². The smallest absolute Gasteiger partial charge is 0.334 e. The molecule has 12 amide bonds. The van der Waals surface area contributed by atoms with Gasteiger partial charge in [0.2, 0.25) is 53.2 Å². The van der Waals surface area contributed by atoms with Crippen molar-refractivity contribution in [2.24, 2.45) is 17.4 Å². The number of para-hydroxylation sites is 1. The number of phenols is 1. The van der Waals surface area contributed by atoms with E-state index in [1.807, 2.05) is 18.2 Å². The molecule has 0 aliphatic heterocycles. The van der Waals surface area contributed by atoms with Crippen LogP contribution >= 0.6 is 0 Å². The Morgan fingerprint density at radius 3 is 1.92 bits per heavy atom. The first kappa shape index (κ1) is 67.6. The van der Waals surface area contributed by atoms with Gasteiger partial charge in [-0.2, -0.15) is 0 Å². The Bertz CT molecular complexity index is 3030. The number of fused-ring (bicyclic) bond motifs is 1. The number of benzene rings is 3. The van der Waals surface area contributed by atoms with E-state index >= 15 is 0 Å². The average Bonchev–Trinajstić information content (AvgIpc) is 4.13. The van der Waals surface area contributed by atoms with E-state index < -0.39 is 139 Å². The van der Waals surface area contributed by atoms with Crippen LogP contribution in [-0.4, -0.2) is 155 Å². The van der Waals surface area contributed by atoms with Crippen LogP contribution in [0.1, 0.15) is 70.1 Å². The zero-order chi connectivity index (χ0) is 62.9. The fourth-order valence-electron chi connectivity index (χ4n) is 8.57. The number of guanidine groups is 1. The van der Waals surface area contributed by atoms with Gasteiger partial charge in [0.1, 0.15) is 53.9 Å². The number of aromatic nitrogens is 1. The minimum Gasteiger partial charge on any atom is -0.508 e. The van der Waals surface area contributed by atoms with Crippen molar-refractivity contribution >= 4 is 82.0 Å². The number of carbonyl (C=O) groups excluding carboxylic acids is 11. The molecule has 0 radical (unpaired) electrons. The molecule has 1 aromatic heterocycles. The van der Waals surface area contributed by atoms with Gasteiger partial charge in [0.25, 0.3) is 5.91 Å². The number of halogens is 1. The van der Waals surface area contributed by atoms with E-state index in [0.717, 1.165) is 36.9 Å². The van der Waals surface area contributed by atoms with Gasteiger partial charge in [-0.1, -0.05) is 56.3 Å². The number of carbonyl (C=O) groups is 11. The Labute approximate surface area is 488 Å². The maximum absolute atomic E-state index is 14.4. The van der Waals surface area contributed by atoms with Crippen LogP contribution in [0.5, 0.6) is 5.75 Å². The van der Waals surface area contributed by atoms with Gasteiger partial charge < -0.3 is 79.8 Å². The number of primary amides is 2. The summed E-state index contributed by atoms with van der Waals surface area (Å²) in [6.45, 7) is 5.12. The second kappa shape index (κ2) is 33.3. The van der Waals surface area contributed by atoms with E-state index in [2.05, 4.69) is 69.0 Å². The van der Waals surface area contributed by atoms with E-state index in [9.17, 15) is 67.3 Å². The Hall–Kier alpha value is -9.87. The summed E-state index contributed by atoms with van der Waals surface area (Å²) in [6, 6.07) is 6.22.